The summed E-state index contributed by atoms with van der Waals surface area (Å²) in [5.74, 6) is 2.72. The zero-order valence-electron chi connectivity index (χ0n) is 12.1. The molecule has 0 bridgehead atoms. The van der Waals surface area contributed by atoms with Crippen LogP contribution in [0.5, 0.6) is 0 Å². The van der Waals surface area contributed by atoms with Crippen LogP contribution in [0.1, 0.15) is 38.0 Å². The lowest BCUT2D eigenvalue weighted by molar-refractivity contribution is 0.517. The van der Waals surface area contributed by atoms with Gasteiger partial charge in [0.1, 0.15) is 23.7 Å². The molecule has 0 radical (unpaired) electrons. The van der Waals surface area contributed by atoms with Gasteiger partial charge in [-0.15, -0.1) is 0 Å². The average molecular weight is 274 g/mol. The molecule has 0 fully saturated rings. The van der Waals surface area contributed by atoms with Crippen LogP contribution in [0.25, 0.3) is 0 Å². The van der Waals surface area contributed by atoms with Crippen molar-refractivity contribution >= 4 is 11.6 Å². The molecule has 108 valence electrons. The fourth-order valence-corrected chi connectivity index (χ4v) is 2.03. The van der Waals surface area contributed by atoms with E-state index in [0.29, 0.717) is 6.54 Å². The highest BCUT2D eigenvalue weighted by molar-refractivity contribution is 5.57. The first kappa shape index (κ1) is 14.4. The van der Waals surface area contributed by atoms with Crippen molar-refractivity contribution in [1.82, 2.24) is 9.97 Å². The summed E-state index contributed by atoms with van der Waals surface area (Å²) in [7, 11) is 0. The van der Waals surface area contributed by atoms with Crippen molar-refractivity contribution in [2.45, 2.75) is 39.7 Å². The maximum absolute atomic E-state index is 5.33. The van der Waals surface area contributed by atoms with Gasteiger partial charge in [0, 0.05) is 12.1 Å². The van der Waals surface area contributed by atoms with Crippen LogP contribution >= 0.6 is 0 Å². The minimum Gasteiger partial charge on any atom is -0.467 e. The average Bonchev–Trinajstić information content (AvgIpc) is 2.98. The highest BCUT2D eigenvalue weighted by Crippen LogP contribution is 2.22. The van der Waals surface area contributed by atoms with Crippen LogP contribution in [0.2, 0.25) is 0 Å². The Hall–Kier alpha value is -2.04. The van der Waals surface area contributed by atoms with E-state index in [0.717, 1.165) is 48.8 Å². The van der Waals surface area contributed by atoms with E-state index in [9.17, 15) is 0 Å². The summed E-state index contributed by atoms with van der Waals surface area (Å²) in [6.45, 7) is 5.86. The lowest BCUT2D eigenvalue weighted by Crippen LogP contribution is -2.10. The van der Waals surface area contributed by atoms with Crippen LogP contribution in [0.4, 0.5) is 11.6 Å². The third-order valence-corrected chi connectivity index (χ3v) is 3.00. The van der Waals surface area contributed by atoms with Crippen molar-refractivity contribution in [3.8, 4) is 0 Å². The van der Waals surface area contributed by atoms with Crippen molar-refractivity contribution < 1.29 is 4.42 Å². The molecule has 0 aliphatic carbocycles. The van der Waals surface area contributed by atoms with Gasteiger partial charge in [0.25, 0.3) is 0 Å². The minimum absolute atomic E-state index is 0.633. The van der Waals surface area contributed by atoms with E-state index in [2.05, 4.69) is 34.4 Å². The number of nitrogens with one attached hydrogen (secondary N) is 2. The maximum atomic E-state index is 5.33. The predicted molar refractivity (Wildman–Crippen MR) is 80.8 cm³/mol. The van der Waals surface area contributed by atoms with Gasteiger partial charge in [0.05, 0.1) is 12.8 Å². The SMILES string of the molecule is CCCNc1ncnc(NCc2ccco2)c1CCC. The molecule has 2 aromatic heterocycles. The third-order valence-electron chi connectivity index (χ3n) is 3.00. The van der Waals surface area contributed by atoms with Crippen LogP contribution in [0, 0.1) is 0 Å². The number of anilines is 2. The normalized spacial score (nSPS) is 10.5. The van der Waals surface area contributed by atoms with Crippen LogP contribution in [0.15, 0.2) is 29.1 Å². The molecule has 2 rings (SSSR count). The standard InChI is InChI=1S/C15H22N4O/c1-3-6-13-14(16-8-4-2)18-11-19-15(13)17-10-12-7-5-9-20-12/h5,7,9,11H,3-4,6,8,10H2,1-2H3,(H2,16,17,18,19). The van der Waals surface area contributed by atoms with Gasteiger partial charge in [-0.2, -0.15) is 0 Å². The summed E-state index contributed by atoms with van der Waals surface area (Å²) in [5, 5.41) is 6.70. The number of furan rings is 1. The molecule has 2 N–H and O–H groups in total. The lowest BCUT2D eigenvalue weighted by Gasteiger charge is -2.14. The molecule has 0 atom stereocenters. The molecule has 5 heteroatoms. The minimum atomic E-state index is 0.633. The van der Waals surface area contributed by atoms with Crippen molar-refractivity contribution in [1.29, 1.82) is 0 Å². The Bertz CT molecular complexity index is 511. The highest BCUT2D eigenvalue weighted by atomic mass is 16.3. The Morgan fingerprint density at radius 3 is 2.55 bits per heavy atom. The number of hydrogen-bond donors (Lipinski definition) is 2. The van der Waals surface area contributed by atoms with Crippen LogP contribution in [0.3, 0.4) is 0 Å². The van der Waals surface area contributed by atoms with E-state index in [1.54, 1.807) is 12.6 Å². The Morgan fingerprint density at radius 2 is 1.90 bits per heavy atom. The van der Waals surface area contributed by atoms with E-state index in [1.165, 1.54) is 0 Å². The molecular weight excluding hydrogens is 252 g/mol. The van der Waals surface area contributed by atoms with Crippen LogP contribution in [-0.4, -0.2) is 16.5 Å². The van der Waals surface area contributed by atoms with Crippen LogP contribution in [-0.2, 0) is 13.0 Å². The van der Waals surface area contributed by atoms with E-state index in [-0.39, 0.29) is 0 Å². The van der Waals surface area contributed by atoms with Crippen molar-refractivity contribution in [2.75, 3.05) is 17.2 Å². The smallest absolute Gasteiger partial charge is 0.135 e. The second-order valence-corrected chi connectivity index (χ2v) is 4.66. The van der Waals surface area contributed by atoms with Crippen molar-refractivity contribution in [3.63, 3.8) is 0 Å². The van der Waals surface area contributed by atoms with Gasteiger partial charge in [0.2, 0.25) is 0 Å². The van der Waals surface area contributed by atoms with Gasteiger partial charge in [-0.25, -0.2) is 9.97 Å². The molecule has 0 aromatic carbocycles. The van der Waals surface area contributed by atoms with Gasteiger partial charge < -0.3 is 15.1 Å². The quantitative estimate of drug-likeness (QED) is 0.772. The highest BCUT2D eigenvalue weighted by Gasteiger charge is 2.10. The molecule has 20 heavy (non-hydrogen) atoms. The summed E-state index contributed by atoms with van der Waals surface area (Å²) < 4.78 is 5.33. The molecule has 2 heterocycles. The monoisotopic (exact) mass is 274 g/mol. The Morgan fingerprint density at radius 1 is 1.10 bits per heavy atom. The molecule has 5 nitrogen and oxygen atoms in total. The topological polar surface area (TPSA) is 63.0 Å². The van der Waals surface area contributed by atoms with E-state index < -0.39 is 0 Å². The first-order valence-electron chi connectivity index (χ1n) is 7.19. The fraction of sp³-hybridized carbons (Fsp3) is 0.467. The number of aromatic nitrogens is 2. The summed E-state index contributed by atoms with van der Waals surface area (Å²) >= 11 is 0. The largest absolute Gasteiger partial charge is 0.467 e. The summed E-state index contributed by atoms with van der Waals surface area (Å²) in [6.07, 6.45) is 6.36. The number of rotatable bonds is 8. The summed E-state index contributed by atoms with van der Waals surface area (Å²) in [4.78, 5) is 8.72. The molecule has 0 aliphatic heterocycles. The first-order valence-corrected chi connectivity index (χ1v) is 7.19. The molecule has 0 saturated heterocycles. The van der Waals surface area contributed by atoms with Crippen LogP contribution < -0.4 is 10.6 Å². The summed E-state index contributed by atoms with van der Waals surface area (Å²) in [5.41, 5.74) is 1.15. The van der Waals surface area contributed by atoms with Gasteiger partial charge >= 0.3 is 0 Å². The van der Waals surface area contributed by atoms with Gasteiger partial charge in [-0.05, 0) is 25.0 Å². The van der Waals surface area contributed by atoms with E-state index in [4.69, 9.17) is 4.42 Å². The molecule has 2 aromatic rings. The number of hydrogen-bond acceptors (Lipinski definition) is 5. The zero-order chi connectivity index (χ0) is 14.2. The molecule has 0 unspecified atom stereocenters. The zero-order valence-corrected chi connectivity index (χ0v) is 12.1. The third kappa shape index (κ3) is 3.73. The van der Waals surface area contributed by atoms with Gasteiger partial charge in [0.15, 0.2) is 0 Å². The lowest BCUT2D eigenvalue weighted by atomic mass is 10.1. The Labute approximate surface area is 119 Å². The number of nitrogens with zero attached hydrogens (tertiary/aromatic N) is 2. The fourth-order valence-electron chi connectivity index (χ4n) is 2.03. The second kappa shape index (κ2) is 7.53. The van der Waals surface area contributed by atoms with E-state index >= 15 is 0 Å². The van der Waals surface area contributed by atoms with Gasteiger partial charge in [-0.3, -0.25) is 0 Å². The second-order valence-electron chi connectivity index (χ2n) is 4.66. The first-order chi connectivity index (χ1) is 9.85. The van der Waals surface area contributed by atoms with Crippen molar-refractivity contribution in [3.05, 3.63) is 36.0 Å². The van der Waals surface area contributed by atoms with E-state index in [1.807, 2.05) is 12.1 Å². The Balaban J connectivity index is 2.13. The molecular formula is C15H22N4O. The molecule has 0 saturated carbocycles. The molecule has 0 amide bonds. The molecule has 0 aliphatic rings. The van der Waals surface area contributed by atoms with Gasteiger partial charge in [-0.1, -0.05) is 20.3 Å². The summed E-state index contributed by atoms with van der Waals surface area (Å²) in [6, 6.07) is 3.84. The van der Waals surface area contributed by atoms with Crippen molar-refractivity contribution in [2.24, 2.45) is 0 Å². The Kier molecular flexibility index (Phi) is 5.41. The predicted octanol–water partition coefficient (Wildman–Crippen LogP) is 3.46. The maximum Gasteiger partial charge on any atom is 0.135 e. The molecule has 0 spiro atoms.